The van der Waals surface area contributed by atoms with Gasteiger partial charge in [-0.3, -0.25) is 4.79 Å². The topological polar surface area (TPSA) is 81.6 Å². The number of ether oxygens (including phenoxy) is 1. The molecule has 1 saturated heterocycles. The smallest absolute Gasteiger partial charge is 0.222 e. The molecule has 0 radical (unpaired) electrons. The zero-order valence-electron chi connectivity index (χ0n) is 11.3. The lowest BCUT2D eigenvalue weighted by molar-refractivity contribution is -0.121. The molecule has 1 aliphatic rings. The number of nitrogens with zero attached hydrogens (tertiary/aromatic N) is 1. The molecular formula is C14H21N3O2. The van der Waals surface area contributed by atoms with Crippen molar-refractivity contribution in [3.63, 3.8) is 0 Å². The molecule has 5 nitrogen and oxygen atoms in total. The summed E-state index contributed by atoms with van der Waals surface area (Å²) in [5.74, 6) is 0.430. The fourth-order valence-corrected chi connectivity index (χ4v) is 2.28. The molecular weight excluding hydrogens is 242 g/mol. The average molecular weight is 263 g/mol. The van der Waals surface area contributed by atoms with Gasteiger partial charge in [-0.1, -0.05) is 6.92 Å². The highest BCUT2D eigenvalue weighted by Crippen LogP contribution is 2.30. The normalized spacial score (nSPS) is 18.6. The molecule has 0 spiro atoms. The van der Waals surface area contributed by atoms with Crippen molar-refractivity contribution in [1.82, 2.24) is 0 Å². The first-order valence-electron chi connectivity index (χ1n) is 6.68. The number of hydrogen-bond donors (Lipinski definition) is 2. The molecule has 104 valence electrons. The van der Waals surface area contributed by atoms with Gasteiger partial charge in [0.25, 0.3) is 0 Å². The van der Waals surface area contributed by atoms with Crippen LogP contribution in [0.2, 0.25) is 0 Å². The number of amides is 1. The summed E-state index contributed by atoms with van der Waals surface area (Å²) in [5, 5.41) is 0. The fourth-order valence-electron chi connectivity index (χ4n) is 2.28. The van der Waals surface area contributed by atoms with Crippen molar-refractivity contribution in [3.8, 4) is 5.75 Å². The number of anilines is 2. The first kappa shape index (κ1) is 13.5. The highest BCUT2D eigenvalue weighted by molar-refractivity contribution is 5.78. The Labute approximate surface area is 113 Å². The van der Waals surface area contributed by atoms with Crippen LogP contribution in [0.3, 0.4) is 0 Å². The van der Waals surface area contributed by atoms with E-state index in [1.54, 1.807) is 0 Å². The number of nitrogen functional groups attached to an aromatic ring is 1. The number of primary amides is 1. The fraction of sp³-hybridized carbons (Fsp3) is 0.500. The summed E-state index contributed by atoms with van der Waals surface area (Å²) in [5.41, 5.74) is 12.9. The Balaban J connectivity index is 2.10. The maximum absolute atomic E-state index is 11.2. The van der Waals surface area contributed by atoms with E-state index in [0.29, 0.717) is 24.6 Å². The predicted molar refractivity (Wildman–Crippen MR) is 76.2 cm³/mol. The highest BCUT2D eigenvalue weighted by atomic mass is 16.5. The van der Waals surface area contributed by atoms with Crippen molar-refractivity contribution >= 4 is 17.3 Å². The standard InChI is InChI=1S/C14H21N3O2/c1-2-7-19-13-8-11(3-4-12(13)15)17-6-5-10(9-17)14(16)18/h3-4,8,10H,2,5-7,9,15H2,1H3,(H2,16,18). The van der Waals surface area contributed by atoms with E-state index in [4.69, 9.17) is 16.2 Å². The zero-order chi connectivity index (χ0) is 13.8. The third-order valence-electron chi connectivity index (χ3n) is 3.41. The van der Waals surface area contributed by atoms with Crippen LogP contribution < -0.4 is 21.1 Å². The second-order valence-corrected chi connectivity index (χ2v) is 4.90. The Morgan fingerprint density at radius 3 is 2.95 bits per heavy atom. The van der Waals surface area contributed by atoms with E-state index in [0.717, 1.165) is 25.1 Å². The molecule has 1 aromatic rings. The quantitative estimate of drug-likeness (QED) is 0.786. The molecule has 4 N–H and O–H groups in total. The summed E-state index contributed by atoms with van der Waals surface area (Å²) in [7, 11) is 0. The van der Waals surface area contributed by atoms with Crippen molar-refractivity contribution in [2.45, 2.75) is 19.8 Å². The number of hydrogen-bond acceptors (Lipinski definition) is 4. The van der Waals surface area contributed by atoms with Crippen LogP contribution in [0.15, 0.2) is 18.2 Å². The minimum Gasteiger partial charge on any atom is -0.491 e. The summed E-state index contributed by atoms with van der Waals surface area (Å²) in [6.45, 7) is 4.22. The monoisotopic (exact) mass is 263 g/mol. The van der Waals surface area contributed by atoms with Gasteiger partial charge < -0.3 is 21.1 Å². The Morgan fingerprint density at radius 1 is 1.53 bits per heavy atom. The maximum atomic E-state index is 11.2. The van der Waals surface area contributed by atoms with Crippen LogP contribution in [0.5, 0.6) is 5.75 Å². The first-order valence-corrected chi connectivity index (χ1v) is 6.68. The molecule has 0 bridgehead atoms. The lowest BCUT2D eigenvalue weighted by Gasteiger charge is -2.20. The lowest BCUT2D eigenvalue weighted by atomic mass is 10.1. The maximum Gasteiger partial charge on any atom is 0.222 e. The molecule has 1 unspecified atom stereocenters. The van der Waals surface area contributed by atoms with E-state index in [1.165, 1.54) is 0 Å². The third kappa shape index (κ3) is 3.10. The van der Waals surface area contributed by atoms with Crippen LogP contribution in [0.25, 0.3) is 0 Å². The second-order valence-electron chi connectivity index (χ2n) is 4.90. The summed E-state index contributed by atoms with van der Waals surface area (Å²) >= 11 is 0. The minimum absolute atomic E-state index is 0.0578. The number of carbonyl (C=O) groups excluding carboxylic acids is 1. The van der Waals surface area contributed by atoms with Gasteiger partial charge in [0, 0.05) is 24.8 Å². The van der Waals surface area contributed by atoms with Crippen LogP contribution in [-0.4, -0.2) is 25.6 Å². The Bertz CT molecular complexity index is 462. The molecule has 1 amide bonds. The molecule has 1 atom stereocenters. The van der Waals surface area contributed by atoms with Crippen LogP contribution >= 0.6 is 0 Å². The SMILES string of the molecule is CCCOc1cc(N2CCC(C(N)=O)C2)ccc1N. The minimum atomic E-state index is -0.222. The van der Waals surface area contributed by atoms with E-state index in [1.807, 2.05) is 18.2 Å². The van der Waals surface area contributed by atoms with Gasteiger partial charge >= 0.3 is 0 Å². The van der Waals surface area contributed by atoms with Gasteiger partial charge in [0.05, 0.1) is 18.2 Å². The van der Waals surface area contributed by atoms with Gasteiger partial charge in [-0.05, 0) is 25.0 Å². The largest absolute Gasteiger partial charge is 0.491 e. The van der Waals surface area contributed by atoms with E-state index < -0.39 is 0 Å². The summed E-state index contributed by atoms with van der Waals surface area (Å²) in [4.78, 5) is 13.3. The molecule has 1 fully saturated rings. The molecule has 19 heavy (non-hydrogen) atoms. The Morgan fingerprint density at radius 2 is 2.32 bits per heavy atom. The summed E-state index contributed by atoms with van der Waals surface area (Å²) in [6.07, 6.45) is 1.75. The number of benzene rings is 1. The van der Waals surface area contributed by atoms with Gasteiger partial charge in [-0.2, -0.15) is 0 Å². The summed E-state index contributed by atoms with van der Waals surface area (Å²) in [6, 6.07) is 5.74. The first-order chi connectivity index (χ1) is 9.11. The van der Waals surface area contributed by atoms with Gasteiger partial charge in [0.2, 0.25) is 5.91 Å². The van der Waals surface area contributed by atoms with Gasteiger partial charge in [-0.15, -0.1) is 0 Å². The van der Waals surface area contributed by atoms with Crippen LogP contribution in [0, 0.1) is 5.92 Å². The van der Waals surface area contributed by atoms with E-state index >= 15 is 0 Å². The van der Waals surface area contributed by atoms with Gasteiger partial charge in [-0.25, -0.2) is 0 Å². The Hall–Kier alpha value is -1.91. The molecule has 1 heterocycles. The molecule has 5 heteroatoms. The van der Waals surface area contributed by atoms with E-state index in [-0.39, 0.29) is 11.8 Å². The van der Waals surface area contributed by atoms with Crippen molar-refractivity contribution in [3.05, 3.63) is 18.2 Å². The van der Waals surface area contributed by atoms with Crippen LogP contribution in [0.4, 0.5) is 11.4 Å². The molecule has 0 aromatic heterocycles. The second kappa shape index (κ2) is 5.82. The van der Waals surface area contributed by atoms with Crippen LogP contribution in [0.1, 0.15) is 19.8 Å². The molecule has 0 aliphatic carbocycles. The highest BCUT2D eigenvalue weighted by Gasteiger charge is 2.27. The zero-order valence-corrected chi connectivity index (χ0v) is 11.3. The predicted octanol–water partition coefficient (Wildman–Crippen LogP) is 1.37. The molecule has 1 aliphatic heterocycles. The third-order valence-corrected chi connectivity index (χ3v) is 3.41. The number of nitrogens with two attached hydrogens (primary N) is 2. The van der Waals surface area contributed by atoms with E-state index in [9.17, 15) is 4.79 Å². The van der Waals surface area contributed by atoms with E-state index in [2.05, 4.69) is 11.8 Å². The van der Waals surface area contributed by atoms with Crippen LogP contribution in [-0.2, 0) is 4.79 Å². The van der Waals surface area contributed by atoms with Gasteiger partial charge in [0.1, 0.15) is 5.75 Å². The van der Waals surface area contributed by atoms with Crippen molar-refractivity contribution in [2.24, 2.45) is 11.7 Å². The summed E-state index contributed by atoms with van der Waals surface area (Å²) < 4.78 is 5.62. The molecule has 0 saturated carbocycles. The van der Waals surface area contributed by atoms with Gasteiger partial charge in [0.15, 0.2) is 0 Å². The van der Waals surface area contributed by atoms with Crippen molar-refractivity contribution < 1.29 is 9.53 Å². The number of carbonyl (C=O) groups is 1. The molecule has 2 rings (SSSR count). The lowest BCUT2D eigenvalue weighted by Crippen LogP contribution is -2.27. The Kier molecular flexibility index (Phi) is 4.14. The van der Waals surface area contributed by atoms with Crippen molar-refractivity contribution in [2.75, 3.05) is 30.3 Å². The van der Waals surface area contributed by atoms with Crippen molar-refractivity contribution in [1.29, 1.82) is 0 Å². The average Bonchev–Trinajstić information content (AvgIpc) is 2.87. The molecule has 1 aromatic carbocycles. The number of rotatable bonds is 5.